The van der Waals surface area contributed by atoms with Crippen LogP contribution in [0.25, 0.3) is 6.08 Å². The maximum atomic E-state index is 11.7. The summed E-state index contributed by atoms with van der Waals surface area (Å²) >= 11 is 0. The SMILES string of the molecule is O=C(O)/C=C/c1ccc(NC(=O)c2ccn[nH]2)cc1. The van der Waals surface area contributed by atoms with Crippen LogP contribution in [0, 0.1) is 0 Å². The van der Waals surface area contributed by atoms with Crippen LogP contribution in [0.3, 0.4) is 0 Å². The van der Waals surface area contributed by atoms with Crippen molar-refractivity contribution in [3.05, 3.63) is 53.9 Å². The first kappa shape index (κ1) is 12.6. The summed E-state index contributed by atoms with van der Waals surface area (Å²) in [4.78, 5) is 22.1. The fraction of sp³-hybridized carbons (Fsp3) is 0. The number of amides is 1. The van der Waals surface area contributed by atoms with Crippen molar-refractivity contribution in [1.29, 1.82) is 0 Å². The number of carboxylic acids is 1. The average molecular weight is 257 g/mol. The molecule has 6 nitrogen and oxygen atoms in total. The first-order valence-corrected chi connectivity index (χ1v) is 5.47. The molecule has 0 saturated carbocycles. The number of carbonyl (C=O) groups is 2. The number of aliphatic carboxylic acids is 1. The van der Waals surface area contributed by atoms with Gasteiger partial charge >= 0.3 is 5.97 Å². The van der Waals surface area contributed by atoms with Crippen molar-refractivity contribution in [2.75, 3.05) is 5.32 Å². The van der Waals surface area contributed by atoms with Crippen LogP contribution >= 0.6 is 0 Å². The minimum atomic E-state index is -1.00. The molecule has 0 radical (unpaired) electrons. The van der Waals surface area contributed by atoms with Crippen molar-refractivity contribution in [2.24, 2.45) is 0 Å². The Bertz CT molecular complexity index is 601. The van der Waals surface area contributed by atoms with Crippen LogP contribution in [-0.2, 0) is 4.79 Å². The molecule has 1 heterocycles. The number of hydrogen-bond acceptors (Lipinski definition) is 3. The molecular weight excluding hydrogens is 246 g/mol. The van der Waals surface area contributed by atoms with Gasteiger partial charge in [-0.05, 0) is 29.8 Å². The Morgan fingerprint density at radius 1 is 1.21 bits per heavy atom. The van der Waals surface area contributed by atoms with Gasteiger partial charge in [-0.15, -0.1) is 0 Å². The molecule has 0 fully saturated rings. The van der Waals surface area contributed by atoms with E-state index in [0.29, 0.717) is 11.4 Å². The molecule has 3 N–H and O–H groups in total. The van der Waals surface area contributed by atoms with Gasteiger partial charge in [-0.2, -0.15) is 5.10 Å². The van der Waals surface area contributed by atoms with Crippen LogP contribution in [0.15, 0.2) is 42.6 Å². The molecule has 0 saturated heterocycles. The van der Waals surface area contributed by atoms with E-state index in [-0.39, 0.29) is 5.91 Å². The predicted molar refractivity (Wildman–Crippen MR) is 69.7 cm³/mol. The van der Waals surface area contributed by atoms with Gasteiger partial charge in [-0.3, -0.25) is 9.89 Å². The van der Waals surface area contributed by atoms with Gasteiger partial charge in [0.25, 0.3) is 5.91 Å². The van der Waals surface area contributed by atoms with Gasteiger partial charge in [0.05, 0.1) is 0 Å². The summed E-state index contributed by atoms with van der Waals surface area (Å²) in [5.74, 6) is -1.29. The number of nitrogens with one attached hydrogen (secondary N) is 2. The highest BCUT2D eigenvalue weighted by Crippen LogP contribution is 2.11. The number of anilines is 1. The zero-order valence-electron chi connectivity index (χ0n) is 9.83. The molecule has 0 aliphatic carbocycles. The Morgan fingerprint density at radius 3 is 2.53 bits per heavy atom. The number of hydrogen-bond donors (Lipinski definition) is 3. The molecule has 0 aliphatic heterocycles. The smallest absolute Gasteiger partial charge is 0.328 e. The van der Waals surface area contributed by atoms with Gasteiger partial charge < -0.3 is 10.4 Å². The molecule has 0 unspecified atom stereocenters. The summed E-state index contributed by atoms with van der Waals surface area (Å²) < 4.78 is 0. The number of carboxylic acid groups (broad SMARTS) is 1. The maximum Gasteiger partial charge on any atom is 0.328 e. The van der Waals surface area contributed by atoms with E-state index in [0.717, 1.165) is 11.6 Å². The van der Waals surface area contributed by atoms with Gasteiger partial charge in [-0.25, -0.2) is 4.79 Å². The normalized spacial score (nSPS) is 10.5. The third-order valence-electron chi connectivity index (χ3n) is 2.33. The van der Waals surface area contributed by atoms with E-state index < -0.39 is 5.97 Å². The maximum absolute atomic E-state index is 11.7. The van der Waals surface area contributed by atoms with Crippen LogP contribution in [0.2, 0.25) is 0 Å². The van der Waals surface area contributed by atoms with Crippen molar-refractivity contribution in [3.8, 4) is 0 Å². The van der Waals surface area contributed by atoms with Crippen LogP contribution in [0.5, 0.6) is 0 Å². The highest BCUT2D eigenvalue weighted by molar-refractivity contribution is 6.02. The van der Waals surface area contributed by atoms with Gasteiger partial charge in [0.2, 0.25) is 0 Å². The van der Waals surface area contributed by atoms with Gasteiger partial charge in [0.15, 0.2) is 0 Å². The van der Waals surface area contributed by atoms with Crippen molar-refractivity contribution in [3.63, 3.8) is 0 Å². The van der Waals surface area contributed by atoms with E-state index in [1.165, 1.54) is 12.3 Å². The quantitative estimate of drug-likeness (QED) is 0.727. The zero-order valence-corrected chi connectivity index (χ0v) is 9.83. The monoisotopic (exact) mass is 257 g/mol. The molecule has 0 bridgehead atoms. The number of aromatic nitrogens is 2. The van der Waals surface area contributed by atoms with Gasteiger partial charge in [-0.1, -0.05) is 12.1 Å². The lowest BCUT2D eigenvalue weighted by atomic mass is 10.2. The number of carbonyl (C=O) groups excluding carboxylic acids is 1. The zero-order chi connectivity index (χ0) is 13.7. The van der Waals surface area contributed by atoms with Crippen LogP contribution in [-0.4, -0.2) is 27.2 Å². The molecular formula is C13H11N3O3. The summed E-state index contributed by atoms with van der Waals surface area (Å²) in [7, 11) is 0. The van der Waals surface area contributed by atoms with Crippen molar-refractivity contribution in [1.82, 2.24) is 10.2 Å². The molecule has 1 aromatic carbocycles. The average Bonchev–Trinajstić information content (AvgIpc) is 2.92. The number of H-pyrrole nitrogens is 1. The van der Waals surface area contributed by atoms with E-state index in [1.807, 2.05) is 0 Å². The lowest BCUT2D eigenvalue weighted by molar-refractivity contribution is -0.131. The Morgan fingerprint density at radius 2 is 1.95 bits per heavy atom. The van der Waals surface area contributed by atoms with Crippen molar-refractivity contribution in [2.45, 2.75) is 0 Å². The minimum absolute atomic E-state index is 0.286. The lowest BCUT2D eigenvalue weighted by Crippen LogP contribution is -2.12. The van der Waals surface area contributed by atoms with Crippen molar-refractivity contribution < 1.29 is 14.7 Å². The molecule has 1 amide bonds. The molecule has 2 rings (SSSR count). The molecule has 0 spiro atoms. The Labute approximate surface area is 108 Å². The fourth-order valence-electron chi connectivity index (χ4n) is 1.43. The van der Waals surface area contributed by atoms with Gasteiger partial charge in [0, 0.05) is 18.0 Å². The highest BCUT2D eigenvalue weighted by atomic mass is 16.4. The van der Waals surface area contributed by atoms with E-state index in [4.69, 9.17) is 5.11 Å². The summed E-state index contributed by atoms with van der Waals surface area (Å²) in [5, 5.41) is 17.4. The third-order valence-corrected chi connectivity index (χ3v) is 2.33. The highest BCUT2D eigenvalue weighted by Gasteiger charge is 2.06. The van der Waals surface area contributed by atoms with Gasteiger partial charge in [0.1, 0.15) is 5.69 Å². The summed E-state index contributed by atoms with van der Waals surface area (Å²) in [6.45, 7) is 0. The second-order valence-electron chi connectivity index (χ2n) is 3.72. The Hall–Kier alpha value is -2.89. The summed E-state index contributed by atoms with van der Waals surface area (Å²) in [6.07, 6.45) is 4.02. The topological polar surface area (TPSA) is 95.1 Å². The molecule has 2 aromatic rings. The van der Waals surface area contributed by atoms with E-state index in [1.54, 1.807) is 30.3 Å². The molecule has 1 aromatic heterocycles. The first-order valence-electron chi connectivity index (χ1n) is 5.47. The van der Waals surface area contributed by atoms with E-state index in [2.05, 4.69) is 15.5 Å². The predicted octanol–water partition coefficient (Wildman–Crippen LogP) is 1.76. The Kier molecular flexibility index (Phi) is 3.72. The molecule has 6 heteroatoms. The standard InChI is InChI=1S/C13H11N3O3/c17-12(18)6-3-9-1-4-10(5-2-9)15-13(19)11-7-8-14-16-11/h1-8H,(H,14,16)(H,15,19)(H,17,18)/b6-3+. The second-order valence-corrected chi connectivity index (χ2v) is 3.72. The Balaban J connectivity index is 2.03. The summed E-state index contributed by atoms with van der Waals surface area (Å²) in [5.41, 5.74) is 1.73. The van der Waals surface area contributed by atoms with Crippen molar-refractivity contribution >= 4 is 23.6 Å². The third kappa shape index (κ3) is 3.53. The first-order chi connectivity index (χ1) is 9.15. The fourth-order valence-corrected chi connectivity index (χ4v) is 1.43. The van der Waals surface area contributed by atoms with E-state index in [9.17, 15) is 9.59 Å². The number of rotatable bonds is 4. The molecule has 96 valence electrons. The lowest BCUT2D eigenvalue weighted by Gasteiger charge is -2.03. The van der Waals surface area contributed by atoms with E-state index >= 15 is 0 Å². The molecule has 0 atom stereocenters. The second kappa shape index (κ2) is 5.63. The molecule has 19 heavy (non-hydrogen) atoms. The summed E-state index contributed by atoms with van der Waals surface area (Å²) in [6, 6.07) is 8.37. The number of aromatic amines is 1. The van der Waals surface area contributed by atoms with Crippen LogP contribution in [0.1, 0.15) is 16.1 Å². The van der Waals surface area contributed by atoms with Crippen LogP contribution in [0.4, 0.5) is 5.69 Å². The van der Waals surface area contributed by atoms with Crippen LogP contribution < -0.4 is 5.32 Å². The largest absolute Gasteiger partial charge is 0.478 e. The number of benzene rings is 1. The number of nitrogens with zero attached hydrogens (tertiary/aromatic N) is 1. The molecule has 0 aliphatic rings. The minimum Gasteiger partial charge on any atom is -0.478 e.